The average molecular weight is 294 g/mol. The van der Waals surface area contributed by atoms with Crippen LogP contribution in [0.2, 0.25) is 0 Å². The van der Waals surface area contributed by atoms with Crippen LogP contribution in [0.3, 0.4) is 0 Å². The second-order valence-corrected chi connectivity index (χ2v) is 5.15. The molecule has 0 spiro atoms. The van der Waals surface area contributed by atoms with Crippen LogP contribution in [0.1, 0.15) is 17.5 Å². The van der Waals surface area contributed by atoms with E-state index in [-0.39, 0.29) is 5.78 Å². The molecule has 0 aromatic heterocycles. The number of allylic oxidation sites excluding steroid dienone is 9. The molecule has 0 amide bonds. The fourth-order valence-corrected chi connectivity index (χ4v) is 2.27. The third kappa shape index (κ3) is 4.10. The Balaban J connectivity index is 2.06. The molecular weight excluding hydrogens is 280 g/mol. The molecule has 1 aromatic rings. The topological polar surface area (TPSA) is 17.1 Å². The van der Waals surface area contributed by atoms with Gasteiger partial charge >= 0.3 is 0 Å². The van der Waals surface area contributed by atoms with Gasteiger partial charge in [-0.05, 0) is 47.3 Å². The summed E-state index contributed by atoms with van der Waals surface area (Å²) in [6, 6.07) is 7.71. The van der Waals surface area contributed by atoms with Crippen LogP contribution in [0.4, 0.5) is 0 Å². The zero-order valence-corrected chi connectivity index (χ0v) is 12.5. The van der Waals surface area contributed by atoms with Gasteiger partial charge in [0.2, 0.25) is 0 Å². The van der Waals surface area contributed by atoms with Crippen molar-refractivity contribution in [2.45, 2.75) is 6.42 Å². The molecule has 0 N–H and O–H groups in total. The number of rotatable bonds is 0. The van der Waals surface area contributed by atoms with E-state index in [1.807, 2.05) is 54.6 Å². The SMILES string of the molecule is O=C1/C=C/C2=CC=CC=C(C#CC#Cc3ccccc3/C=C/1)C2. The molecule has 0 aliphatic heterocycles. The van der Waals surface area contributed by atoms with Gasteiger partial charge in [-0.1, -0.05) is 60.4 Å². The largest absolute Gasteiger partial charge is 0.290 e. The highest BCUT2D eigenvalue weighted by molar-refractivity contribution is 6.02. The highest BCUT2D eigenvalue weighted by Crippen LogP contribution is 2.16. The van der Waals surface area contributed by atoms with Gasteiger partial charge in [-0.15, -0.1) is 0 Å². The van der Waals surface area contributed by atoms with Gasteiger partial charge in [-0.3, -0.25) is 4.79 Å². The summed E-state index contributed by atoms with van der Waals surface area (Å²) in [6.45, 7) is 0. The maximum atomic E-state index is 12.0. The first kappa shape index (κ1) is 14.6. The normalized spacial score (nSPS) is 18.5. The molecular formula is C22H14O. The number of hydrogen-bond acceptors (Lipinski definition) is 1. The van der Waals surface area contributed by atoms with Crippen LogP contribution >= 0.6 is 0 Å². The molecule has 2 aliphatic rings. The van der Waals surface area contributed by atoms with Crippen LogP contribution in [0, 0.1) is 23.7 Å². The highest BCUT2D eigenvalue weighted by atomic mass is 16.1. The Hall–Kier alpha value is -3.29. The third-order valence-electron chi connectivity index (χ3n) is 3.45. The van der Waals surface area contributed by atoms with Gasteiger partial charge in [-0.2, -0.15) is 0 Å². The van der Waals surface area contributed by atoms with Crippen LogP contribution in [0.15, 0.2) is 77.9 Å². The van der Waals surface area contributed by atoms with Gasteiger partial charge in [0.1, 0.15) is 0 Å². The van der Waals surface area contributed by atoms with E-state index < -0.39 is 0 Å². The molecule has 0 heterocycles. The minimum atomic E-state index is -0.0458. The number of benzene rings is 1. The maximum Gasteiger partial charge on any atom is 0.178 e. The van der Waals surface area contributed by atoms with Crippen LogP contribution < -0.4 is 0 Å². The van der Waals surface area contributed by atoms with Crippen molar-refractivity contribution in [2.24, 2.45) is 0 Å². The van der Waals surface area contributed by atoms with Crippen molar-refractivity contribution in [3.05, 3.63) is 89.1 Å². The summed E-state index contributed by atoms with van der Waals surface area (Å²) in [5.41, 5.74) is 3.81. The molecule has 0 fully saturated rings. The number of fused-ring (bicyclic) bond motifs is 3. The summed E-state index contributed by atoms with van der Waals surface area (Å²) in [5.74, 6) is 11.9. The first-order valence-corrected chi connectivity index (χ1v) is 7.39. The fraction of sp³-hybridized carbons (Fsp3) is 0.0455. The van der Waals surface area contributed by atoms with E-state index >= 15 is 0 Å². The van der Waals surface area contributed by atoms with E-state index in [1.165, 1.54) is 0 Å². The molecule has 0 atom stereocenters. The zero-order valence-electron chi connectivity index (χ0n) is 12.5. The Kier molecular flexibility index (Phi) is 4.53. The van der Waals surface area contributed by atoms with Gasteiger partial charge in [0, 0.05) is 17.6 Å². The molecule has 0 unspecified atom stereocenters. The van der Waals surface area contributed by atoms with Crippen molar-refractivity contribution in [1.29, 1.82) is 0 Å². The van der Waals surface area contributed by atoms with E-state index in [4.69, 9.17) is 0 Å². The fourth-order valence-electron chi connectivity index (χ4n) is 2.27. The molecule has 2 aliphatic carbocycles. The second-order valence-electron chi connectivity index (χ2n) is 5.15. The summed E-state index contributed by atoms with van der Waals surface area (Å²) in [4.78, 5) is 12.0. The van der Waals surface area contributed by atoms with Crippen molar-refractivity contribution >= 4 is 11.9 Å². The minimum absolute atomic E-state index is 0.0458. The molecule has 23 heavy (non-hydrogen) atoms. The van der Waals surface area contributed by atoms with Crippen LogP contribution in [0.25, 0.3) is 6.08 Å². The summed E-state index contributed by atoms with van der Waals surface area (Å²) in [6.07, 6.45) is 15.4. The predicted molar refractivity (Wildman–Crippen MR) is 94.2 cm³/mol. The zero-order chi connectivity index (χ0) is 15.9. The van der Waals surface area contributed by atoms with Gasteiger partial charge in [-0.25, -0.2) is 0 Å². The van der Waals surface area contributed by atoms with Crippen molar-refractivity contribution in [3.8, 4) is 23.7 Å². The van der Waals surface area contributed by atoms with Crippen LogP contribution in [0.5, 0.6) is 0 Å². The van der Waals surface area contributed by atoms with Gasteiger partial charge in [0.25, 0.3) is 0 Å². The van der Waals surface area contributed by atoms with Gasteiger partial charge < -0.3 is 0 Å². The molecule has 0 saturated carbocycles. The second kappa shape index (κ2) is 7.12. The van der Waals surface area contributed by atoms with Crippen LogP contribution in [-0.2, 0) is 4.79 Å². The lowest BCUT2D eigenvalue weighted by atomic mass is 10.0. The quantitative estimate of drug-likeness (QED) is 0.661. The Morgan fingerprint density at radius 3 is 2.57 bits per heavy atom. The number of carbonyl (C=O) groups is 1. The lowest BCUT2D eigenvalue weighted by Gasteiger charge is -1.99. The average Bonchev–Trinajstić information content (AvgIpc) is 2.80. The van der Waals surface area contributed by atoms with Crippen molar-refractivity contribution < 1.29 is 4.79 Å². The van der Waals surface area contributed by atoms with E-state index in [1.54, 1.807) is 18.2 Å². The molecule has 1 aromatic carbocycles. The maximum absolute atomic E-state index is 12.0. The third-order valence-corrected chi connectivity index (χ3v) is 3.45. The molecule has 0 saturated heterocycles. The summed E-state index contributed by atoms with van der Waals surface area (Å²) >= 11 is 0. The van der Waals surface area contributed by atoms with Crippen molar-refractivity contribution in [3.63, 3.8) is 0 Å². The highest BCUT2D eigenvalue weighted by Gasteiger charge is 2.01. The van der Waals surface area contributed by atoms with E-state index in [2.05, 4.69) is 23.7 Å². The van der Waals surface area contributed by atoms with E-state index in [0.29, 0.717) is 6.42 Å². The molecule has 1 heteroatoms. The Morgan fingerprint density at radius 1 is 0.826 bits per heavy atom. The summed E-state index contributed by atoms with van der Waals surface area (Å²) in [7, 11) is 0. The molecule has 3 rings (SSSR count). The minimum Gasteiger partial charge on any atom is -0.290 e. The number of ketones is 1. The van der Waals surface area contributed by atoms with Crippen molar-refractivity contribution in [1.82, 2.24) is 0 Å². The smallest absolute Gasteiger partial charge is 0.178 e. The Labute approximate surface area is 136 Å². The molecule has 0 radical (unpaired) electrons. The Morgan fingerprint density at radius 2 is 1.61 bits per heavy atom. The number of hydrogen-bond donors (Lipinski definition) is 0. The standard InChI is InChI=1S/C22H14O/c23-22-15-13-19-9-2-1-7-18(17-19)8-3-4-10-20-11-5-6-12-21(20)14-16-22/h1-2,5-7,9,11-16H,17H2/b15-13+,16-14+. The lowest BCUT2D eigenvalue weighted by Crippen LogP contribution is -1.89. The first-order valence-electron chi connectivity index (χ1n) is 7.39. The lowest BCUT2D eigenvalue weighted by molar-refractivity contribution is -0.110. The predicted octanol–water partition coefficient (Wildman–Crippen LogP) is 4.01. The van der Waals surface area contributed by atoms with E-state index in [9.17, 15) is 4.79 Å². The van der Waals surface area contributed by atoms with E-state index in [0.717, 1.165) is 22.3 Å². The Bertz CT molecular complexity index is 910. The van der Waals surface area contributed by atoms with Crippen LogP contribution in [-0.4, -0.2) is 5.78 Å². The van der Waals surface area contributed by atoms with Gasteiger partial charge in [0.15, 0.2) is 5.78 Å². The monoisotopic (exact) mass is 294 g/mol. The first-order chi connectivity index (χ1) is 11.3. The molecule has 108 valence electrons. The molecule has 1 nitrogen and oxygen atoms in total. The van der Waals surface area contributed by atoms with Gasteiger partial charge in [0.05, 0.1) is 0 Å². The summed E-state index contributed by atoms with van der Waals surface area (Å²) < 4.78 is 0. The number of carbonyl (C=O) groups excluding carboxylic acids is 1. The molecule has 2 bridgehead atoms. The summed E-state index contributed by atoms with van der Waals surface area (Å²) in [5, 5.41) is 0. The van der Waals surface area contributed by atoms with Crippen molar-refractivity contribution in [2.75, 3.05) is 0 Å².